The van der Waals surface area contributed by atoms with Crippen LogP contribution in [0.25, 0.3) is 0 Å². The van der Waals surface area contributed by atoms with Gasteiger partial charge in [-0.25, -0.2) is 9.97 Å². The fourth-order valence-corrected chi connectivity index (χ4v) is 2.76. The van der Waals surface area contributed by atoms with Crippen LogP contribution in [0.4, 0.5) is 5.82 Å². The lowest BCUT2D eigenvalue weighted by Crippen LogP contribution is -2.39. The number of nitrogens with one attached hydrogen (secondary N) is 1. The molecule has 5 heteroatoms. The summed E-state index contributed by atoms with van der Waals surface area (Å²) in [5, 5.41) is 12.7. The number of hydrogen-bond acceptors (Lipinski definition) is 4. The minimum absolute atomic E-state index is 0.443. The highest BCUT2D eigenvalue weighted by molar-refractivity contribution is 5.75. The van der Waals surface area contributed by atoms with Crippen molar-refractivity contribution in [3.63, 3.8) is 0 Å². The molecule has 104 valence electrons. The summed E-state index contributed by atoms with van der Waals surface area (Å²) in [6.07, 6.45) is 4.63. The van der Waals surface area contributed by atoms with Crippen LogP contribution < -0.4 is 5.32 Å². The molecule has 19 heavy (non-hydrogen) atoms. The number of aryl methyl sites for hydroxylation is 2. The first-order valence-electron chi connectivity index (χ1n) is 6.81. The third kappa shape index (κ3) is 3.22. The zero-order chi connectivity index (χ0) is 13.9. The van der Waals surface area contributed by atoms with Crippen molar-refractivity contribution in [3.05, 3.63) is 17.6 Å². The van der Waals surface area contributed by atoms with Crippen LogP contribution in [0.2, 0.25) is 0 Å². The van der Waals surface area contributed by atoms with Gasteiger partial charge in [-0.15, -0.1) is 0 Å². The molecule has 0 amide bonds. The van der Waals surface area contributed by atoms with E-state index in [0.29, 0.717) is 12.4 Å². The van der Waals surface area contributed by atoms with E-state index in [4.69, 9.17) is 0 Å². The second-order valence-electron chi connectivity index (χ2n) is 5.44. The van der Waals surface area contributed by atoms with Gasteiger partial charge in [0.15, 0.2) is 0 Å². The molecule has 0 aliphatic heterocycles. The average molecular weight is 263 g/mol. The number of carbonyl (C=O) groups is 1. The number of aliphatic carboxylic acids is 1. The SMILES string of the molecule is Cc1cc(NCC2(C(=O)O)CCCCC2)nc(C)n1. The molecule has 1 saturated carbocycles. The second kappa shape index (κ2) is 5.55. The number of rotatable bonds is 4. The Bertz CT molecular complexity index is 448. The summed E-state index contributed by atoms with van der Waals surface area (Å²) in [6, 6.07) is 1.85. The van der Waals surface area contributed by atoms with Crippen LogP contribution in [-0.4, -0.2) is 27.6 Å². The van der Waals surface area contributed by atoms with Crippen LogP contribution in [0.3, 0.4) is 0 Å². The summed E-state index contributed by atoms with van der Waals surface area (Å²) in [5.74, 6) is 0.730. The fraction of sp³-hybridized carbons (Fsp3) is 0.643. The number of carboxylic acids is 1. The summed E-state index contributed by atoms with van der Waals surface area (Å²) in [5.41, 5.74) is 0.258. The third-order valence-electron chi connectivity index (χ3n) is 3.84. The van der Waals surface area contributed by atoms with Crippen LogP contribution in [0.5, 0.6) is 0 Å². The van der Waals surface area contributed by atoms with E-state index in [1.807, 2.05) is 19.9 Å². The molecular weight excluding hydrogens is 242 g/mol. The van der Waals surface area contributed by atoms with E-state index in [1.54, 1.807) is 0 Å². The van der Waals surface area contributed by atoms with E-state index in [1.165, 1.54) is 0 Å². The molecular formula is C14H21N3O2. The molecule has 0 atom stereocenters. The number of nitrogens with zero attached hydrogens (tertiary/aromatic N) is 2. The Kier molecular flexibility index (Phi) is 4.02. The molecule has 1 aliphatic rings. The first-order chi connectivity index (χ1) is 9.02. The highest BCUT2D eigenvalue weighted by atomic mass is 16.4. The van der Waals surface area contributed by atoms with Crippen molar-refractivity contribution in [3.8, 4) is 0 Å². The Balaban J connectivity index is 2.08. The van der Waals surface area contributed by atoms with Gasteiger partial charge in [-0.1, -0.05) is 19.3 Å². The van der Waals surface area contributed by atoms with Gasteiger partial charge in [0.25, 0.3) is 0 Å². The van der Waals surface area contributed by atoms with Gasteiger partial charge in [0.2, 0.25) is 0 Å². The maximum atomic E-state index is 11.6. The molecule has 5 nitrogen and oxygen atoms in total. The minimum Gasteiger partial charge on any atom is -0.481 e. The van der Waals surface area contributed by atoms with E-state index in [0.717, 1.165) is 43.6 Å². The highest BCUT2D eigenvalue weighted by Gasteiger charge is 2.39. The monoisotopic (exact) mass is 263 g/mol. The molecule has 0 saturated heterocycles. The third-order valence-corrected chi connectivity index (χ3v) is 3.84. The lowest BCUT2D eigenvalue weighted by atomic mass is 9.74. The summed E-state index contributed by atoms with van der Waals surface area (Å²) >= 11 is 0. The Hall–Kier alpha value is -1.65. The number of aromatic nitrogens is 2. The summed E-state index contributed by atoms with van der Waals surface area (Å²) in [6.45, 7) is 4.19. The molecule has 1 heterocycles. The molecule has 0 unspecified atom stereocenters. The van der Waals surface area contributed by atoms with E-state index >= 15 is 0 Å². The van der Waals surface area contributed by atoms with Gasteiger partial charge in [-0.2, -0.15) is 0 Å². The Morgan fingerprint density at radius 3 is 2.58 bits per heavy atom. The van der Waals surface area contributed by atoms with E-state index in [9.17, 15) is 9.90 Å². The Morgan fingerprint density at radius 2 is 2.00 bits per heavy atom. The number of carboxylic acid groups (broad SMARTS) is 1. The van der Waals surface area contributed by atoms with Gasteiger partial charge < -0.3 is 10.4 Å². The predicted molar refractivity (Wildman–Crippen MR) is 73.1 cm³/mol. The lowest BCUT2D eigenvalue weighted by molar-refractivity contribution is -0.150. The molecule has 2 rings (SSSR count). The molecule has 2 N–H and O–H groups in total. The Morgan fingerprint density at radius 1 is 1.32 bits per heavy atom. The van der Waals surface area contributed by atoms with Crippen LogP contribution in [-0.2, 0) is 4.79 Å². The largest absolute Gasteiger partial charge is 0.481 e. The normalized spacial score (nSPS) is 18.0. The van der Waals surface area contributed by atoms with Crippen molar-refractivity contribution in [2.75, 3.05) is 11.9 Å². The smallest absolute Gasteiger partial charge is 0.311 e. The quantitative estimate of drug-likeness (QED) is 0.873. The van der Waals surface area contributed by atoms with Crippen LogP contribution in [0.15, 0.2) is 6.07 Å². The average Bonchev–Trinajstić information content (AvgIpc) is 2.36. The van der Waals surface area contributed by atoms with Gasteiger partial charge in [0.1, 0.15) is 11.6 Å². The van der Waals surface area contributed by atoms with E-state index in [2.05, 4.69) is 15.3 Å². The van der Waals surface area contributed by atoms with Gasteiger partial charge in [-0.05, 0) is 26.7 Å². The molecule has 0 aromatic carbocycles. The highest BCUT2D eigenvalue weighted by Crippen LogP contribution is 2.36. The first-order valence-corrected chi connectivity index (χ1v) is 6.81. The van der Waals surface area contributed by atoms with Gasteiger partial charge in [0.05, 0.1) is 5.41 Å². The molecule has 1 aromatic heterocycles. The van der Waals surface area contributed by atoms with Gasteiger partial charge in [0, 0.05) is 18.3 Å². The molecule has 1 aliphatic carbocycles. The maximum absolute atomic E-state index is 11.6. The molecule has 1 fully saturated rings. The van der Waals surface area contributed by atoms with Crippen LogP contribution in [0.1, 0.15) is 43.6 Å². The fourth-order valence-electron chi connectivity index (χ4n) is 2.76. The zero-order valence-electron chi connectivity index (χ0n) is 11.6. The van der Waals surface area contributed by atoms with Crippen molar-refractivity contribution < 1.29 is 9.90 Å². The lowest BCUT2D eigenvalue weighted by Gasteiger charge is -2.33. The molecule has 1 aromatic rings. The van der Waals surface area contributed by atoms with Crippen LogP contribution >= 0.6 is 0 Å². The molecule has 0 radical (unpaired) electrons. The van der Waals surface area contributed by atoms with Crippen molar-refractivity contribution in [1.29, 1.82) is 0 Å². The minimum atomic E-state index is -0.692. The molecule has 0 spiro atoms. The van der Waals surface area contributed by atoms with Crippen molar-refractivity contribution >= 4 is 11.8 Å². The van der Waals surface area contributed by atoms with Crippen molar-refractivity contribution in [1.82, 2.24) is 9.97 Å². The van der Waals surface area contributed by atoms with Gasteiger partial charge in [-0.3, -0.25) is 4.79 Å². The predicted octanol–water partition coefficient (Wildman–Crippen LogP) is 2.54. The Labute approximate surface area is 113 Å². The van der Waals surface area contributed by atoms with Crippen molar-refractivity contribution in [2.24, 2.45) is 5.41 Å². The zero-order valence-corrected chi connectivity index (χ0v) is 11.6. The molecule has 0 bridgehead atoms. The summed E-state index contributed by atoms with van der Waals surface area (Å²) < 4.78 is 0. The van der Waals surface area contributed by atoms with Crippen LogP contribution in [0, 0.1) is 19.3 Å². The first kappa shape index (κ1) is 13.8. The standard InChI is InChI=1S/C14H21N3O2/c1-10-8-12(17-11(2)16-10)15-9-14(13(18)19)6-4-3-5-7-14/h8H,3-7,9H2,1-2H3,(H,18,19)(H,15,16,17). The van der Waals surface area contributed by atoms with Crippen molar-refractivity contribution in [2.45, 2.75) is 46.0 Å². The van der Waals surface area contributed by atoms with E-state index in [-0.39, 0.29) is 0 Å². The number of anilines is 1. The summed E-state index contributed by atoms with van der Waals surface area (Å²) in [7, 11) is 0. The topological polar surface area (TPSA) is 75.1 Å². The second-order valence-corrected chi connectivity index (χ2v) is 5.44. The maximum Gasteiger partial charge on any atom is 0.311 e. The summed E-state index contributed by atoms with van der Waals surface area (Å²) in [4.78, 5) is 20.1. The van der Waals surface area contributed by atoms with Gasteiger partial charge >= 0.3 is 5.97 Å². The number of hydrogen-bond donors (Lipinski definition) is 2. The van der Waals surface area contributed by atoms with E-state index < -0.39 is 11.4 Å².